The summed E-state index contributed by atoms with van der Waals surface area (Å²) in [7, 11) is 1.54. The van der Waals surface area contributed by atoms with Crippen molar-refractivity contribution in [3.8, 4) is 5.75 Å². The van der Waals surface area contributed by atoms with Gasteiger partial charge in [0, 0.05) is 0 Å². The zero-order valence-corrected chi connectivity index (χ0v) is 14.0. The van der Waals surface area contributed by atoms with Gasteiger partial charge in [0.25, 0.3) is 5.91 Å². The van der Waals surface area contributed by atoms with Gasteiger partial charge in [-0.1, -0.05) is 40.6 Å². The first-order chi connectivity index (χ1) is 11.0. The number of benzene rings is 2. The van der Waals surface area contributed by atoms with Crippen molar-refractivity contribution in [2.45, 2.75) is 0 Å². The summed E-state index contributed by atoms with van der Waals surface area (Å²) in [6.45, 7) is 0. The lowest BCUT2D eigenvalue weighted by Gasteiger charge is -2.05. The molecule has 3 aromatic rings. The molecule has 0 atom stereocenters. The summed E-state index contributed by atoms with van der Waals surface area (Å²) < 4.78 is 19.6. The number of carbonyl (C=O) groups excluding carboxylic acids is 1. The van der Waals surface area contributed by atoms with E-state index in [-0.39, 0.29) is 15.6 Å². The average Bonchev–Trinajstić information content (AvgIpc) is 2.92. The van der Waals surface area contributed by atoms with Gasteiger partial charge in [-0.05, 0) is 24.3 Å². The maximum absolute atomic E-state index is 13.5. The number of carbonyl (C=O) groups is 1. The minimum atomic E-state index is -0.716. The Hall–Kier alpha value is -1.89. The van der Waals surface area contributed by atoms with Crippen LogP contribution >= 0.6 is 34.5 Å². The Balaban J connectivity index is 1.93. The molecule has 0 saturated carbocycles. The Morgan fingerprint density at radius 2 is 2.09 bits per heavy atom. The van der Waals surface area contributed by atoms with Crippen molar-refractivity contribution in [2.24, 2.45) is 0 Å². The quantitative estimate of drug-likeness (QED) is 0.659. The van der Waals surface area contributed by atoms with E-state index in [2.05, 4.69) is 10.3 Å². The number of methoxy groups -OCH3 is 1. The summed E-state index contributed by atoms with van der Waals surface area (Å²) in [6.07, 6.45) is 0. The number of nitrogens with zero attached hydrogens (tertiary/aromatic N) is 1. The van der Waals surface area contributed by atoms with Gasteiger partial charge < -0.3 is 4.74 Å². The Morgan fingerprint density at radius 3 is 2.83 bits per heavy atom. The van der Waals surface area contributed by atoms with Gasteiger partial charge in [-0.3, -0.25) is 10.1 Å². The number of para-hydroxylation sites is 1. The van der Waals surface area contributed by atoms with Crippen LogP contribution in [0.25, 0.3) is 10.2 Å². The fourth-order valence-corrected chi connectivity index (χ4v) is 3.35. The normalized spacial score (nSPS) is 10.8. The molecule has 0 bridgehead atoms. The van der Waals surface area contributed by atoms with E-state index in [0.717, 1.165) is 10.8 Å². The minimum absolute atomic E-state index is 0.0141. The molecule has 2 aromatic carbocycles. The fourth-order valence-electron chi connectivity index (χ4n) is 2.00. The van der Waals surface area contributed by atoms with Gasteiger partial charge in [0.1, 0.15) is 17.1 Å². The van der Waals surface area contributed by atoms with E-state index in [1.807, 2.05) is 12.1 Å². The third kappa shape index (κ3) is 3.10. The average molecular weight is 371 g/mol. The largest absolute Gasteiger partial charge is 0.494 e. The zero-order valence-electron chi connectivity index (χ0n) is 11.7. The fraction of sp³-hybridized carbons (Fsp3) is 0.0667. The molecule has 8 heteroatoms. The van der Waals surface area contributed by atoms with Gasteiger partial charge in [-0.25, -0.2) is 9.37 Å². The number of hydrogen-bond donors (Lipinski definition) is 1. The lowest BCUT2D eigenvalue weighted by molar-refractivity contribution is 0.102. The lowest BCUT2D eigenvalue weighted by atomic mass is 10.2. The maximum atomic E-state index is 13.5. The predicted molar refractivity (Wildman–Crippen MR) is 90.5 cm³/mol. The number of rotatable bonds is 3. The lowest BCUT2D eigenvalue weighted by Crippen LogP contribution is -2.12. The molecule has 1 aromatic heterocycles. The minimum Gasteiger partial charge on any atom is -0.494 e. The highest BCUT2D eigenvalue weighted by atomic mass is 35.5. The number of aromatic nitrogens is 1. The van der Waals surface area contributed by atoms with Crippen molar-refractivity contribution < 1.29 is 13.9 Å². The zero-order chi connectivity index (χ0) is 16.6. The number of thiazole rings is 1. The van der Waals surface area contributed by atoms with Gasteiger partial charge in [0.15, 0.2) is 5.13 Å². The third-order valence-corrected chi connectivity index (χ3v) is 4.62. The molecule has 0 aliphatic rings. The highest BCUT2D eigenvalue weighted by Gasteiger charge is 2.16. The van der Waals surface area contributed by atoms with Gasteiger partial charge in [-0.15, -0.1) is 0 Å². The van der Waals surface area contributed by atoms with Crippen LogP contribution in [0.1, 0.15) is 10.4 Å². The van der Waals surface area contributed by atoms with Crippen LogP contribution in [-0.4, -0.2) is 18.0 Å². The van der Waals surface area contributed by atoms with Crippen LogP contribution < -0.4 is 10.1 Å². The summed E-state index contributed by atoms with van der Waals surface area (Å²) in [4.78, 5) is 16.6. The molecule has 0 saturated heterocycles. The van der Waals surface area contributed by atoms with Crippen molar-refractivity contribution >= 4 is 55.8 Å². The van der Waals surface area contributed by atoms with Crippen LogP contribution in [0.2, 0.25) is 10.0 Å². The van der Waals surface area contributed by atoms with E-state index in [1.165, 1.54) is 17.4 Å². The van der Waals surface area contributed by atoms with E-state index in [0.29, 0.717) is 16.4 Å². The van der Waals surface area contributed by atoms with Crippen LogP contribution in [-0.2, 0) is 0 Å². The smallest absolute Gasteiger partial charge is 0.259 e. The highest BCUT2D eigenvalue weighted by molar-refractivity contribution is 7.22. The summed E-state index contributed by atoms with van der Waals surface area (Å²) in [5.41, 5.74) is 0.628. The molecule has 0 aliphatic carbocycles. The number of amides is 1. The van der Waals surface area contributed by atoms with E-state index in [1.54, 1.807) is 13.2 Å². The molecule has 3 rings (SSSR count). The molecule has 1 N–H and O–H groups in total. The second-order valence-corrected chi connectivity index (χ2v) is 6.37. The number of ether oxygens (including phenoxy) is 1. The topological polar surface area (TPSA) is 51.2 Å². The Kier molecular flexibility index (Phi) is 4.39. The van der Waals surface area contributed by atoms with E-state index < -0.39 is 11.7 Å². The highest BCUT2D eigenvalue weighted by Crippen LogP contribution is 2.33. The molecular formula is C15H9Cl2FN2O2S. The first-order valence-electron chi connectivity index (χ1n) is 6.39. The molecule has 118 valence electrons. The van der Waals surface area contributed by atoms with Crippen LogP contribution in [0.4, 0.5) is 9.52 Å². The summed E-state index contributed by atoms with van der Waals surface area (Å²) >= 11 is 12.8. The van der Waals surface area contributed by atoms with Crippen LogP contribution in [0.15, 0.2) is 30.3 Å². The predicted octanol–water partition coefficient (Wildman–Crippen LogP) is 5.00. The first-order valence-corrected chi connectivity index (χ1v) is 7.96. The molecular weight excluding hydrogens is 362 g/mol. The van der Waals surface area contributed by atoms with Gasteiger partial charge in [-0.2, -0.15) is 0 Å². The number of hydrogen-bond acceptors (Lipinski definition) is 4. The summed E-state index contributed by atoms with van der Waals surface area (Å²) in [6, 6.07) is 7.65. The molecule has 0 unspecified atom stereocenters. The Labute approximate surface area is 144 Å². The van der Waals surface area contributed by atoms with Gasteiger partial charge >= 0.3 is 0 Å². The van der Waals surface area contributed by atoms with Crippen molar-refractivity contribution in [2.75, 3.05) is 12.4 Å². The molecule has 4 nitrogen and oxygen atoms in total. The maximum Gasteiger partial charge on any atom is 0.259 e. The monoisotopic (exact) mass is 370 g/mol. The second kappa shape index (κ2) is 6.31. The van der Waals surface area contributed by atoms with Crippen LogP contribution in [0, 0.1) is 5.82 Å². The van der Waals surface area contributed by atoms with Gasteiger partial charge in [0.2, 0.25) is 0 Å². The molecule has 1 heterocycles. The van der Waals surface area contributed by atoms with Crippen molar-refractivity contribution in [3.05, 3.63) is 51.8 Å². The standard InChI is InChI=1S/C15H9Cl2FN2O2S/c1-22-11-3-2-4-12-13(11)19-15(23-12)20-14(21)7-5-10(18)9(17)6-8(7)16/h2-6H,1H3,(H,19,20,21). The van der Waals surface area contributed by atoms with Crippen LogP contribution in [0.5, 0.6) is 5.75 Å². The number of anilines is 1. The molecule has 0 fully saturated rings. The summed E-state index contributed by atoms with van der Waals surface area (Å²) in [5.74, 6) is -0.675. The third-order valence-electron chi connectivity index (χ3n) is 3.08. The number of fused-ring (bicyclic) bond motifs is 1. The van der Waals surface area contributed by atoms with E-state index >= 15 is 0 Å². The molecule has 0 spiro atoms. The Morgan fingerprint density at radius 1 is 1.30 bits per heavy atom. The number of nitrogens with one attached hydrogen (secondary N) is 1. The first kappa shape index (κ1) is 16.0. The molecule has 0 radical (unpaired) electrons. The SMILES string of the molecule is COc1cccc2sc(NC(=O)c3cc(F)c(Cl)cc3Cl)nc12. The van der Waals surface area contributed by atoms with Gasteiger partial charge in [0.05, 0.1) is 27.4 Å². The van der Waals surface area contributed by atoms with E-state index in [4.69, 9.17) is 27.9 Å². The number of halogens is 3. The van der Waals surface area contributed by atoms with Crippen molar-refractivity contribution in [1.82, 2.24) is 4.98 Å². The second-order valence-electron chi connectivity index (χ2n) is 4.53. The van der Waals surface area contributed by atoms with Crippen molar-refractivity contribution in [3.63, 3.8) is 0 Å². The molecule has 1 amide bonds. The van der Waals surface area contributed by atoms with Crippen LogP contribution in [0.3, 0.4) is 0 Å². The molecule has 0 aliphatic heterocycles. The van der Waals surface area contributed by atoms with Crippen molar-refractivity contribution in [1.29, 1.82) is 0 Å². The van der Waals surface area contributed by atoms with E-state index in [9.17, 15) is 9.18 Å². The Bertz CT molecular complexity index is 914. The summed E-state index contributed by atoms with van der Waals surface area (Å²) in [5, 5.41) is 2.89. The molecule has 23 heavy (non-hydrogen) atoms.